The second kappa shape index (κ2) is 8.19. The first kappa shape index (κ1) is 30.7. The Bertz CT molecular complexity index is 1410. The first-order valence-electron chi connectivity index (χ1n) is 10.8. The van der Waals surface area contributed by atoms with Gasteiger partial charge in [-0.25, -0.2) is 0 Å². The number of piperidine rings is 2. The zero-order valence-electron chi connectivity index (χ0n) is 19.8. The average Bonchev–Trinajstić information content (AvgIpc) is 3.20. The maximum absolute atomic E-state index is 13.1. The Balaban J connectivity index is 1.87. The van der Waals surface area contributed by atoms with E-state index in [0.717, 1.165) is 0 Å². The van der Waals surface area contributed by atoms with Crippen molar-refractivity contribution in [1.29, 1.82) is 0 Å². The van der Waals surface area contributed by atoms with Crippen LogP contribution in [-0.4, -0.2) is 153 Å². The number of fused-ring (bicyclic) bond motifs is 3. The Morgan fingerprint density at radius 3 is 1.56 bits per heavy atom. The number of rotatable bonds is 4. The molecular weight excluding hydrogens is 576 g/mol. The normalized spacial score (nSPS) is 29.5. The molecule has 23 nitrogen and oxygen atoms in total. The van der Waals surface area contributed by atoms with Crippen molar-refractivity contribution in [3.63, 3.8) is 0 Å². The molecule has 2 aromatic rings. The quantitative estimate of drug-likeness (QED) is 0.0879. The van der Waals surface area contributed by atoms with Gasteiger partial charge >= 0.3 is 12.2 Å². The van der Waals surface area contributed by atoms with E-state index < -0.39 is 110 Å². The van der Waals surface area contributed by atoms with E-state index in [0.29, 0.717) is 0 Å². The zero-order valence-corrected chi connectivity index (χ0v) is 19.8. The molecule has 2 aliphatic rings. The molecule has 19 N–H and O–H groups in total. The number of nitrogens with zero attached hydrogens (tertiary/aromatic N) is 3. The number of nitrogens with one attached hydrogen (secondary N) is 1. The van der Waals surface area contributed by atoms with Crippen LogP contribution in [0, 0.1) is 0 Å². The molecule has 2 saturated heterocycles. The summed E-state index contributed by atoms with van der Waals surface area (Å²) in [7, 11) is 0. The van der Waals surface area contributed by atoms with Crippen molar-refractivity contribution in [3.8, 4) is 23.0 Å². The molecule has 4 rings (SSSR count). The van der Waals surface area contributed by atoms with Crippen LogP contribution in [-0.2, 0) is 6.10 Å². The van der Waals surface area contributed by atoms with E-state index >= 15 is 0 Å². The van der Waals surface area contributed by atoms with Gasteiger partial charge in [-0.2, -0.15) is 14.7 Å². The van der Waals surface area contributed by atoms with E-state index in [-0.39, 0.29) is 4.68 Å². The number of aliphatic hydroxyl groups is 14. The number of phenolic OH excluding ortho intramolecular Hbond substituents is 4. The molecule has 0 spiro atoms. The smallest absolute Gasteiger partial charge is 0.389 e. The fourth-order valence-corrected chi connectivity index (χ4v) is 5.19. The third-order valence-corrected chi connectivity index (χ3v) is 7.04. The predicted octanol–water partition coefficient (Wildman–Crippen LogP) is -9.38. The van der Waals surface area contributed by atoms with Crippen molar-refractivity contribution >= 4 is 16.8 Å². The molecule has 2 atom stereocenters. The molecule has 2 unspecified atom stereocenters. The molecule has 1 aromatic heterocycles. The number of hydrogen-bond donors (Lipinski definition) is 19. The monoisotopic (exact) mass is 600 g/mol. The first-order valence-corrected chi connectivity index (χ1v) is 10.8. The van der Waals surface area contributed by atoms with Crippen molar-refractivity contribution in [2.45, 2.75) is 59.9 Å². The number of phenols is 4. The zero-order chi connectivity index (χ0) is 31.7. The molecule has 23 heteroatoms. The number of carbonyl (C=O) groups excluding carboxylic acids is 1. The van der Waals surface area contributed by atoms with E-state index in [2.05, 4.69) is 5.10 Å². The van der Waals surface area contributed by atoms with Crippen LogP contribution >= 0.6 is 0 Å². The van der Waals surface area contributed by atoms with Gasteiger partial charge in [-0.05, 0) is 0 Å². The summed E-state index contributed by atoms with van der Waals surface area (Å²) in [5, 5.41) is 185. The molecule has 0 aliphatic carbocycles. The second-order valence-corrected chi connectivity index (χ2v) is 9.64. The Morgan fingerprint density at radius 1 is 0.707 bits per heavy atom. The van der Waals surface area contributed by atoms with E-state index in [1.165, 1.54) is 0 Å². The lowest BCUT2D eigenvalue weighted by Crippen LogP contribution is -2.97. The summed E-state index contributed by atoms with van der Waals surface area (Å²) in [6, 6.07) is -2.09. The Morgan fingerprint density at radius 2 is 1.15 bits per heavy atom. The van der Waals surface area contributed by atoms with Crippen molar-refractivity contribution in [3.05, 3.63) is 5.69 Å². The van der Waals surface area contributed by atoms with Gasteiger partial charge in [-0.15, -0.1) is 0 Å². The second-order valence-electron chi connectivity index (χ2n) is 9.64. The Labute approximate surface area is 222 Å². The lowest BCUT2D eigenvalue weighted by Gasteiger charge is -2.69. The average molecular weight is 600 g/mol. The van der Waals surface area contributed by atoms with E-state index in [4.69, 9.17) is 0 Å². The SMILES string of the molecule is O=C(NC1CC2(O)N(C(O)(O)O)C(O)(C1)C(O)(O)C(O)(O)C2(O)O)c1nn(C(O)(O)O)c2c(O)c(O)c(O)c(O)c12. The van der Waals surface area contributed by atoms with Gasteiger partial charge in [0, 0.05) is 18.9 Å². The van der Waals surface area contributed by atoms with Gasteiger partial charge in [0.05, 0.1) is 5.39 Å². The van der Waals surface area contributed by atoms with Gasteiger partial charge in [-0.3, -0.25) is 4.79 Å². The number of benzene rings is 1. The topological polar surface area (TPSA) is 414 Å². The third-order valence-electron chi connectivity index (χ3n) is 7.04. The van der Waals surface area contributed by atoms with Crippen molar-refractivity contribution in [2.75, 3.05) is 0 Å². The maximum atomic E-state index is 13.1. The number of aromatic nitrogens is 2. The summed E-state index contributed by atoms with van der Waals surface area (Å²) < 4.78 is -0.355. The van der Waals surface area contributed by atoms with Crippen LogP contribution in [0.25, 0.3) is 10.9 Å². The highest BCUT2D eigenvalue weighted by Gasteiger charge is 2.88. The fraction of sp³-hybridized carbons (Fsp3) is 0.556. The number of amides is 1. The Hall–Kier alpha value is -3.24. The molecule has 0 saturated carbocycles. The van der Waals surface area contributed by atoms with Crippen molar-refractivity contribution in [2.24, 2.45) is 0 Å². The van der Waals surface area contributed by atoms with Crippen LogP contribution in [0.1, 0.15) is 23.3 Å². The summed E-state index contributed by atoms with van der Waals surface area (Å²) in [6.07, 6.45) is -11.8. The molecular formula is C18H24N4O19. The number of hydrogen-bond acceptors (Lipinski definition) is 21. The third kappa shape index (κ3) is 3.62. The summed E-state index contributed by atoms with van der Waals surface area (Å²) in [5.74, 6) is -21.8. The van der Waals surface area contributed by atoms with Gasteiger partial charge in [-0.1, -0.05) is 0 Å². The summed E-state index contributed by atoms with van der Waals surface area (Å²) in [5.41, 5.74) is -10.7. The lowest BCUT2D eigenvalue weighted by atomic mass is 9.66. The summed E-state index contributed by atoms with van der Waals surface area (Å²) in [6.45, 7) is 0. The van der Waals surface area contributed by atoms with Crippen LogP contribution in [0.15, 0.2) is 0 Å². The molecule has 230 valence electrons. The minimum absolute atomic E-state index is 0.355. The molecule has 2 fully saturated rings. The summed E-state index contributed by atoms with van der Waals surface area (Å²) >= 11 is 0. The van der Waals surface area contributed by atoms with Crippen LogP contribution in [0.2, 0.25) is 0 Å². The van der Waals surface area contributed by atoms with Crippen molar-refractivity contribution in [1.82, 2.24) is 20.0 Å². The lowest BCUT2D eigenvalue weighted by molar-refractivity contribution is -0.618. The largest absolute Gasteiger partial charge is 0.504 e. The van der Waals surface area contributed by atoms with Gasteiger partial charge < -0.3 is 97.2 Å². The number of carbonyl (C=O) groups is 1. The van der Waals surface area contributed by atoms with E-state index in [1.807, 2.05) is 5.32 Å². The van der Waals surface area contributed by atoms with Crippen LogP contribution in [0.3, 0.4) is 0 Å². The van der Waals surface area contributed by atoms with Gasteiger partial charge in [0.15, 0.2) is 28.6 Å². The summed E-state index contributed by atoms with van der Waals surface area (Å²) in [4.78, 5) is 12.2. The van der Waals surface area contributed by atoms with E-state index in [1.54, 1.807) is 0 Å². The minimum Gasteiger partial charge on any atom is -0.504 e. The van der Waals surface area contributed by atoms with Gasteiger partial charge in [0.1, 0.15) is 5.52 Å². The molecule has 2 bridgehead atoms. The predicted molar refractivity (Wildman–Crippen MR) is 114 cm³/mol. The van der Waals surface area contributed by atoms with Crippen LogP contribution in [0.4, 0.5) is 0 Å². The standard InChI is InChI=1S/C18H24N4O19/c23-7-4-5(20-21(17(36,37)38)6(4)8(24)10(26)9(7)25)11(27)19-3-1-12(28)14(30,31)16(34,35)15(32,33)13(29,2-3)22(12)18(39,40)41/h3,23-26,28-41H,1-2H2,(H,19,27). The maximum Gasteiger partial charge on any atom is 0.389 e. The molecule has 0 radical (unpaired) electrons. The number of aromatic hydroxyl groups is 4. The van der Waals surface area contributed by atoms with E-state index in [9.17, 15) is 96.7 Å². The highest BCUT2D eigenvalue weighted by Crippen LogP contribution is 2.58. The molecule has 41 heavy (non-hydrogen) atoms. The van der Waals surface area contributed by atoms with Crippen LogP contribution < -0.4 is 5.32 Å². The minimum atomic E-state index is -4.73. The molecule has 2 aliphatic heterocycles. The van der Waals surface area contributed by atoms with Crippen molar-refractivity contribution < 1.29 is 96.7 Å². The highest BCUT2D eigenvalue weighted by atomic mass is 16.7. The fourth-order valence-electron chi connectivity index (χ4n) is 5.19. The Kier molecular flexibility index (Phi) is 6.14. The van der Waals surface area contributed by atoms with Crippen LogP contribution in [0.5, 0.6) is 23.0 Å². The van der Waals surface area contributed by atoms with Gasteiger partial charge in [0.2, 0.25) is 11.5 Å². The highest BCUT2D eigenvalue weighted by molar-refractivity contribution is 6.10. The molecule has 1 aromatic carbocycles. The first-order chi connectivity index (χ1) is 18.2. The van der Waals surface area contributed by atoms with Gasteiger partial charge in [0.25, 0.3) is 23.3 Å². The molecule has 3 heterocycles. The molecule has 1 amide bonds.